The van der Waals surface area contributed by atoms with E-state index in [0.717, 1.165) is 17.9 Å². The van der Waals surface area contributed by atoms with Crippen molar-refractivity contribution in [3.63, 3.8) is 0 Å². The van der Waals surface area contributed by atoms with Crippen LogP contribution in [-0.2, 0) is 6.54 Å². The topological polar surface area (TPSA) is 68.7 Å². The smallest absolute Gasteiger partial charge is 0.317 e. The predicted molar refractivity (Wildman–Crippen MR) is 77.6 cm³/mol. The van der Waals surface area contributed by atoms with Gasteiger partial charge in [0.05, 0.1) is 12.2 Å². The summed E-state index contributed by atoms with van der Waals surface area (Å²) in [7, 11) is 3.87. The lowest BCUT2D eigenvalue weighted by atomic mass is 10.1. The molecule has 0 bridgehead atoms. The third-order valence-electron chi connectivity index (χ3n) is 3.50. The largest absolute Gasteiger partial charge is 0.396 e. The van der Waals surface area contributed by atoms with Crippen LogP contribution >= 0.6 is 0 Å². The molecular weight excluding hydrogens is 256 g/mol. The summed E-state index contributed by atoms with van der Waals surface area (Å²) >= 11 is 0. The minimum atomic E-state index is -0.0852. The third-order valence-corrected chi connectivity index (χ3v) is 3.50. The molecule has 1 aliphatic heterocycles. The number of hydrogen-bond donors (Lipinski definition) is 2. The van der Waals surface area contributed by atoms with Crippen molar-refractivity contribution in [2.45, 2.75) is 13.0 Å². The molecule has 1 aromatic heterocycles. The highest BCUT2D eigenvalue weighted by Gasteiger charge is 2.25. The van der Waals surface area contributed by atoms with E-state index >= 15 is 0 Å². The average Bonchev–Trinajstić information content (AvgIpc) is 2.94. The SMILES string of the molecule is CN(C)c1cccc(CNC(=O)N2CCC(CO)C2)n1. The zero-order chi connectivity index (χ0) is 14.5. The maximum atomic E-state index is 12.0. The number of amides is 2. The first kappa shape index (κ1) is 14.6. The Balaban J connectivity index is 1.86. The van der Waals surface area contributed by atoms with E-state index in [0.29, 0.717) is 19.6 Å². The summed E-state index contributed by atoms with van der Waals surface area (Å²) in [6.07, 6.45) is 0.873. The van der Waals surface area contributed by atoms with Gasteiger partial charge >= 0.3 is 6.03 Å². The van der Waals surface area contributed by atoms with Crippen molar-refractivity contribution in [2.75, 3.05) is 38.7 Å². The van der Waals surface area contributed by atoms with E-state index in [2.05, 4.69) is 10.3 Å². The Hall–Kier alpha value is -1.82. The normalized spacial score (nSPS) is 18.1. The van der Waals surface area contributed by atoms with Gasteiger partial charge < -0.3 is 20.2 Å². The van der Waals surface area contributed by atoms with Crippen molar-refractivity contribution >= 4 is 11.8 Å². The molecule has 1 saturated heterocycles. The van der Waals surface area contributed by atoms with E-state index in [1.165, 1.54) is 0 Å². The monoisotopic (exact) mass is 278 g/mol. The van der Waals surface area contributed by atoms with Gasteiger partial charge in [0.25, 0.3) is 0 Å². The van der Waals surface area contributed by atoms with E-state index in [1.54, 1.807) is 4.90 Å². The Bertz CT molecular complexity index is 464. The van der Waals surface area contributed by atoms with Crippen molar-refractivity contribution in [3.05, 3.63) is 23.9 Å². The fourth-order valence-electron chi connectivity index (χ4n) is 2.26. The van der Waals surface area contributed by atoms with Crippen molar-refractivity contribution in [2.24, 2.45) is 5.92 Å². The van der Waals surface area contributed by atoms with Gasteiger partial charge in [-0.15, -0.1) is 0 Å². The number of hydrogen-bond acceptors (Lipinski definition) is 4. The molecule has 1 aliphatic rings. The van der Waals surface area contributed by atoms with Gasteiger partial charge in [0, 0.05) is 39.7 Å². The number of pyridine rings is 1. The molecule has 2 amide bonds. The molecule has 6 nitrogen and oxygen atoms in total. The summed E-state index contributed by atoms with van der Waals surface area (Å²) in [5.41, 5.74) is 0.836. The number of aromatic nitrogens is 1. The van der Waals surface area contributed by atoms with Crippen LogP contribution in [0.25, 0.3) is 0 Å². The molecular formula is C14H22N4O2. The van der Waals surface area contributed by atoms with Gasteiger partial charge in [0.15, 0.2) is 0 Å². The molecule has 0 aromatic carbocycles. The summed E-state index contributed by atoms with van der Waals surface area (Å²) in [6.45, 7) is 1.91. The van der Waals surface area contributed by atoms with E-state index in [4.69, 9.17) is 5.11 Å². The van der Waals surface area contributed by atoms with Crippen LogP contribution in [0.1, 0.15) is 12.1 Å². The van der Waals surface area contributed by atoms with E-state index in [-0.39, 0.29) is 18.6 Å². The zero-order valence-corrected chi connectivity index (χ0v) is 12.0. The maximum Gasteiger partial charge on any atom is 0.317 e. The maximum absolute atomic E-state index is 12.0. The average molecular weight is 278 g/mol. The molecule has 2 N–H and O–H groups in total. The Morgan fingerprint density at radius 1 is 1.55 bits per heavy atom. The molecule has 2 rings (SSSR count). The molecule has 1 aromatic rings. The van der Waals surface area contributed by atoms with Gasteiger partial charge in [-0.3, -0.25) is 0 Å². The summed E-state index contributed by atoms with van der Waals surface area (Å²) in [5.74, 6) is 1.09. The number of nitrogens with zero attached hydrogens (tertiary/aromatic N) is 3. The lowest BCUT2D eigenvalue weighted by Gasteiger charge is -2.17. The lowest BCUT2D eigenvalue weighted by Crippen LogP contribution is -2.38. The van der Waals surface area contributed by atoms with Gasteiger partial charge in [-0.2, -0.15) is 0 Å². The fraction of sp³-hybridized carbons (Fsp3) is 0.571. The number of likely N-dealkylation sites (tertiary alicyclic amines) is 1. The summed E-state index contributed by atoms with van der Waals surface area (Å²) in [6, 6.07) is 5.67. The molecule has 0 aliphatic carbocycles. The molecule has 1 fully saturated rings. The quantitative estimate of drug-likeness (QED) is 0.849. The molecule has 6 heteroatoms. The van der Waals surface area contributed by atoms with Crippen molar-refractivity contribution in [1.29, 1.82) is 0 Å². The highest BCUT2D eigenvalue weighted by atomic mass is 16.3. The first-order valence-electron chi connectivity index (χ1n) is 6.87. The van der Waals surface area contributed by atoms with Gasteiger partial charge in [-0.1, -0.05) is 6.07 Å². The molecule has 110 valence electrons. The van der Waals surface area contributed by atoms with Crippen LogP contribution in [0.15, 0.2) is 18.2 Å². The number of carbonyl (C=O) groups is 1. The van der Waals surface area contributed by atoms with Crippen LogP contribution in [0.2, 0.25) is 0 Å². The molecule has 0 spiro atoms. The van der Waals surface area contributed by atoms with Crippen LogP contribution in [0.5, 0.6) is 0 Å². The van der Waals surface area contributed by atoms with Crippen LogP contribution in [0.4, 0.5) is 10.6 Å². The standard InChI is InChI=1S/C14H22N4O2/c1-17(2)13-5-3-4-12(16-13)8-15-14(20)18-7-6-11(9-18)10-19/h3-5,11,19H,6-10H2,1-2H3,(H,15,20). The van der Waals surface area contributed by atoms with E-state index < -0.39 is 0 Å². The Labute approximate surface area is 119 Å². The van der Waals surface area contributed by atoms with Crippen LogP contribution in [0, 0.1) is 5.92 Å². The van der Waals surface area contributed by atoms with E-state index in [1.807, 2.05) is 37.2 Å². The number of urea groups is 1. The number of aliphatic hydroxyl groups excluding tert-OH is 1. The Kier molecular flexibility index (Phi) is 4.79. The first-order chi connectivity index (χ1) is 9.60. The Morgan fingerprint density at radius 3 is 3.00 bits per heavy atom. The third kappa shape index (κ3) is 3.60. The number of carbonyl (C=O) groups excluding carboxylic acids is 1. The highest BCUT2D eigenvalue weighted by Crippen LogP contribution is 2.15. The van der Waals surface area contributed by atoms with Gasteiger partial charge in [0.1, 0.15) is 5.82 Å². The minimum absolute atomic E-state index is 0.0852. The predicted octanol–water partition coefficient (Wildman–Crippen LogP) is 0.671. The van der Waals surface area contributed by atoms with Gasteiger partial charge in [0.2, 0.25) is 0 Å². The van der Waals surface area contributed by atoms with Crippen molar-refractivity contribution < 1.29 is 9.90 Å². The molecule has 1 atom stereocenters. The second kappa shape index (κ2) is 6.56. The Morgan fingerprint density at radius 2 is 2.35 bits per heavy atom. The molecule has 2 heterocycles. The summed E-state index contributed by atoms with van der Waals surface area (Å²) in [5, 5.41) is 12.0. The van der Waals surface area contributed by atoms with Crippen LogP contribution in [-0.4, -0.2) is 54.8 Å². The molecule has 1 unspecified atom stereocenters. The van der Waals surface area contributed by atoms with Gasteiger partial charge in [-0.25, -0.2) is 9.78 Å². The number of rotatable bonds is 4. The number of aliphatic hydroxyl groups is 1. The highest BCUT2D eigenvalue weighted by molar-refractivity contribution is 5.74. The number of nitrogens with one attached hydrogen (secondary N) is 1. The zero-order valence-electron chi connectivity index (χ0n) is 12.0. The van der Waals surface area contributed by atoms with Crippen LogP contribution < -0.4 is 10.2 Å². The van der Waals surface area contributed by atoms with Crippen LogP contribution in [0.3, 0.4) is 0 Å². The minimum Gasteiger partial charge on any atom is -0.396 e. The summed E-state index contributed by atoms with van der Waals surface area (Å²) < 4.78 is 0. The first-order valence-corrected chi connectivity index (χ1v) is 6.87. The molecule has 0 saturated carbocycles. The van der Waals surface area contributed by atoms with Crippen molar-refractivity contribution in [1.82, 2.24) is 15.2 Å². The number of anilines is 1. The molecule has 20 heavy (non-hydrogen) atoms. The second-order valence-corrected chi connectivity index (χ2v) is 5.32. The lowest BCUT2D eigenvalue weighted by molar-refractivity contribution is 0.198. The van der Waals surface area contributed by atoms with E-state index in [9.17, 15) is 4.79 Å². The fourth-order valence-corrected chi connectivity index (χ4v) is 2.26. The summed E-state index contributed by atoms with van der Waals surface area (Å²) in [4.78, 5) is 20.1. The molecule has 0 radical (unpaired) electrons. The second-order valence-electron chi connectivity index (χ2n) is 5.32. The van der Waals surface area contributed by atoms with Gasteiger partial charge in [-0.05, 0) is 18.6 Å². The van der Waals surface area contributed by atoms with Crippen molar-refractivity contribution in [3.8, 4) is 0 Å².